The summed E-state index contributed by atoms with van der Waals surface area (Å²) in [7, 11) is 0. The molecule has 3 rings (SSSR count). The number of hydrogen-bond acceptors (Lipinski definition) is 4. The molecule has 6 heteroatoms. The van der Waals surface area contributed by atoms with Crippen molar-refractivity contribution in [1.82, 2.24) is 10.3 Å². The minimum atomic E-state index is -0.787. The van der Waals surface area contributed by atoms with Crippen molar-refractivity contribution in [2.75, 3.05) is 5.32 Å². The van der Waals surface area contributed by atoms with Crippen LogP contribution in [-0.4, -0.2) is 16.8 Å². The normalized spacial score (nSPS) is 11.6. The predicted molar refractivity (Wildman–Crippen MR) is 120 cm³/mol. The number of carbonyl (C=O) groups excluding carboxylic acids is 2. The van der Waals surface area contributed by atoms with E-state index in [2.05, 4.69) is 15.6 Å². The average Bonchev–Trinajstić information content (AvgIpc) is 2.77. The van der Waals surface area contributed by atoms with Gasteiger partial charge in [-0.3, -0.25) is 14.6 Å². The van der Waals surface area contributed by atoms with Crippen LogP contribution in [0.15, 0.2) is 79.0 Å². The van der Waals surface area contributed by atoms with Gasteiger partial charge in [-0.1, -0.05) is 56.3 Å². The maximum atomic E-state index is 13.0. The number of amides is 2. The molecule has 160 valence electrons. The van der Waals surface area contributed by atoms with Crippen molar-refractivity contribution in [3.05, 3.63) is 90.3 Å². The lowest BCUT2D eigenvalue weighted by Crippen LogP contribution is -2.37. The topological polar surface area (TPSA) is 80.3 Å². The summed E-state index contributed by atoms with van der Waals surface area (Å²) < 4.78 is 5.78. The number of rotatable bonds is 9. The molecule has 0 fully saturated rings. The van der Waals surface area contributed by atoms with Crippen LogP contribution in [-0.2, 0) is 16.2 Å². The molecule has 0 spiro atoms. The lowest BCUT2D eigenvalue weighted by atomic mass is 10.0. The monoisotopic (exact) mass is 417 g/mol. The summed E-state index contributed by atoms with van der Waals surface area (Å²) >= 11 is 0. The van der Waals surface area contributed by atoms with Gasteiger partial charge in [0.15, 0.2) is 0 Å². The Morgan fingerprint density at radius 3 is 2.45 bits per heavy atom. The van der Waals surface area contributed by atoms with Crippen LogP contribution in [0, 0.1) is 5.92 Å². The van der Waals surface area contributed by atoms with Gasteiger partial charge in [-0.15, -0.1) is 0 Å². The third-order valence-corrected chi connectivity index (χ3v) is 4.51. The second kappa shape index (κ2) is 10.9. The summed E-state index contributed by atoms with van der Waals surface area (Å²) in [4.78, 5) is 29.6. The lowest BCUT2D eigenvalue weighted by Gasteiger charge is -2.20. The summed E-state index contributed by atoms with van der Waals surface area (Å²) in [6.45, 7) is 4.26. The number of ether oxygens (including phenoxy) is 1. The van der Waals surface area contributed by atoms with Gasteiger partial charge in [0.25, 0.3) is 5.91 Å². The Morgan fingerprint density at radius 2 is 1.74 bits per heavy atom. The molecule has 2 N–H and O–H groups in total. The summed E-state index contributed by atoms with van der Waals surface area (Å²) in [5.74, 6) is 0.340. The Kier molecular flexibility index (Phi) is 7.76. The first kappa shape index (κ1) is 22.0. The molecule has 3 aromatic rings. The summed E-state index contributed by atoms with van der Waals surface area (Å²) in [5.41, 5.74) is 2.12. The van der Waals surface area contributed by atoms with E-state index in [0.717, 1.165) is 11.3 Å². The van der Waals surface area contributed by atoms with Crippen LogP contribution in [0.5, 0.6) is 5.75 Å². The quantitative estimate of drug-likeness (QED) is 0.537. The van der Waals surface area contributed by atoms with Crippen LogP contribution in [0.25, 0.3) is 0 Å². The number of hydrogen-bond donors (Lipinski definition) is 2. The van der Waals surface area contributed by atoms with Crippen molar-refractivity contribution in [2.45, 2.75) is 32.9 Å². The van der Waals surface area contributed by atoms with Gasteiger partial charge in [-0.2, -0.15) is 0 Å². The van der Waals surface area contributed by atoms with Crippen LogP contribution in [0.4, 0.5) is 5.69 Å². The summed E-state index contributed by atoms with van der Waals surface area (Å²) in [5, 5.41) is 5.74. The minimum absolute atomic E-state index is 0.161. The maximum absolute atomic E-state index is 13.0. The van der Waals surface area contributed by atoms with Crippen LogP contribution >= 0.6 is 0 Å². The highest BCUT2D eigenvalue weighted by atomic mass is 16.5. The van der Waals surface area contributed by atoms with Crippen molar-refractivity contribution in [2.24, 2.45) is 5.92 Å². The molecular formula is C25H27N3O3. The Hall–Kier alpha value is -3.67. The molecule has 6 nitrogen and oxygen atoms in total. The van der Waals surface area contributed by atoms with Crippen molar-refractivity contribution >= 4 is 17.5 Å². The van der Waals surface area contributed by atoms with E-state index in [1.54, 1.807) is 24.4 Å². The number of aromatic nitrogens is 1. The molecule has 0 aliphatic carbocycles. The van der Waals surface area contributed by atoms with Crippen molar-refractivity contribution in [3.63, 3.8) is 0 Å². The van der Waals surface area contributed by atoms with E-state index in [1.165, 1.54) is 0 Å². The van der Waals surface area contributed by atoms with Gasteiger partial charge in [-0.05, 0) is 35.7 Å². The maximum Gasteiger partial charge on any atom is 0.251 e. The average molecular weight is 418 g/mol. The van der Waals surface area contributed by atoms with Gasteiger partial charge in [-0.25, -0.2) is 0 Å². The van der Waals surface area contributed by atoms with Gasteiger partial charge in [0.2, 0.25) is 5.91 Å². The smallest absolute Gasteiger partial charge is 0.251 e. The van der Waals surface area contributed by atoms with Crippen LogP contribution < -0.4 is 15.4 Å². The second-order valence-corrected chi connectivity index (χ2v) is 7.64. The van der Waals surface area contributed by atoms with E-state index < -0.39 is 6.04 Å². The third kappa shape index (κ3) is 6.96. The van der Waals surface area contributed by atoms with E-state index in [4.69, 9.17) is 4.74 Å². The molecule has 1 unspecified atom stereocenters. The zero-order valence-electron chi connectivity index (χ0n) is 17.7. The van der Waals surface area contributed by atoms with Gasteiger partial charge in [0.05, 0.1) is 5.69 Å². The number of benzene rings is 2. The summed E-state index contributed by atoms with van der Waals surface area (Å²) in [6, 6.07) is 21.2. The molecule has 1 aromatic heterocycles. The number of pyridine rings is 1. The van der Waals surface area contributed by atoms with Gasteiger partial charge in [0, 0.05) is 24.4 Å². The van der Waals surface area contributed by atoms with Gasteiger partial charge < -0.3 is 15.4 Å². The zero-order valence-corrected chi connectivity index (χ0v) is 17.7. The zero-order chi connectivity index (χ0) is 22.1. The predicted octanol–water partition coefficient (Wildman–Crippen LogP) is 4.50. The van der Waals surface area contributed by atoms with Crippen molar-refractivity contribution in [3.8, 4) is 5.75 Å². The Balaban J connectivity index is 1.69. The first-order chi connectivity index (χ1) is 15.0. The van der Waals surface area contributed by atoms with Gasteiger partial charge in [0.1, 0.15) is 18.4 Å². The highest BCUT2D eigenvalue weighted by Gasteiger charge is 2.23. The largest absolute Gasteiger partial charge is 0.487 e. The number of nitrogens with zero attached hydrogens (tertiary/aromatic N) is 1. The van der Waals surface area contributed by atoms with Crippen LogP contribution in [0.1, 0.15) is 37.6 Å². The van der Waals surface area contributed by atoms with E-state index in [1.807, 2.05) is 68.4 Å². The molecule has 1 atom stereocenters. The van der Waals surface area contributed by atoms with E-state index in [9.17, 15) is 9.59 Å². The Labute approximate surface area is 182 Å². The third-order valence-electron chi connectivity index (χ3n) is 4.51. The van der Waals surface area contributed by atoms with Gasteiger partial charge >= 0.3 is 0 Å². The second-order valence-electron chi connectivity index (χ2n) is 7.64. The molecule has 0 bridgehead atoms. The molecule has 31 heavy (non-hydrogen) atoms. The van der Waals surface area contributed by atoms with E-state index >= 15 is 0 Å². The molecule has 2 aromatic carbocycles. The molecule has 1 heterocycles. The van der Waals surface area contributed by atoms with Crippen LogP contribution in [0.3, 0.4) is 0 Å². The highest BCUT2D eigenvalue weighted by molar-refractivity contribution is 5.98. The van der Waals surface area contributed by atoms with E-state index in [0.29, 0.717) is 24.5 Å². The van der Waals surface area contributed by atoms with E-state index in [-0.39, 0.29) is 17.7 Å². The fourth-order valence-electron chi connectivity index (χ4n) is 3.06. The molecular weight excluding hydrogens is 390 g/mol. The molecule has 2 amide bonds. The Morgan fingerprint density at radius 1 is 0.968 bits per heavy atom. The molecule has 0 saturated carbocycles. The van der Waals surface area contributed by atoms with Crippen molar-refractivity contribution < 1.29 is 14.3 Å². The van der Waals surface area contributed by atoms with Crippen LogP contribution in [0.2, 0.25) is 0 Å². The Bertz CT molecular complexity index is 991. The molecule has 0 aliphatic heterocycles. The summed E-state index contributed by atoms with van der Waals surface area (Å²) in [6.07, 6.45) is 2.07. The SMILES string of the molecule is CC(C)CC(=O)NC(C(=O)Nc1cccc(OCc2ccccn2)c1)c1ccccc1. The standard InChI is InChI=1S/C25H27N3O3/c1-18(2)15-23(29)28-24(19-9-4-3-5-10-19)25(30)27-20-12-8-13-22(16-20)31-17-21-11-6-7-14-26-21/h3-14,16,18,24H,15,17H2,1-2H3,(H,27,30)(H,28,29). The highest BCUT2D eigenvalue weighted by Crippen LogP contribution is 2.21. The lowest BCUT2D eigenvalue weighted by molar-refractivity contribution is -0.127. The van der Waals surface area contributed by atoms with Crippen molar-refractivity contribution in [1.29, 1.82) is 0 Å². The molecule has 0 saturated heterocycles. The minimum Gasteiger partial charge on any atom is -0.487 e. The number of anilines is 1. The first-order valence-electron chi connectivity index (χ1n) is 10.3. The number of carbonyl (C=O) groups is 2. The molecule has 0 aliphatic rings. The molecule has 0 radical (unpaired) electrons. The fourth-order valence-corrected chi connectivity index (χ4v) is 3.06. The fraction of sp³-hybridized carbons (Fsp3) is 0.240. The number of nitrogens with one attached hydrogen (secondary N) is 2. The first-order valence-corrected chi connectivity index (χ1v) is 10.3.